The normalized spacial score (nSPS) is 11.1. The van der Waals surface area contributed by atoms with Crippen LogP contribution in [0.15, 0.2) is 23.0 Å². The van der Waals surface area contributed by atoms with Crippen molar-refractivity contribution in [2.75, 3.05) is 0 Å². The third-order valence-electron chi connectivity index (χ3n) is 1.82. The van der Waals surface area contributed by atoms with Gasteiger partial charge in [0.1, 0.15) is 4.70 Å². The van der Waals surface area contributed by atoms with Crippen LogP contribution in [-0.2, 0) is 0 Å². The fourth-order valence-electron chi connectivity index (χ4n) is 1.24. The standard InChI is InChI=1S/C8H5N3S2/c1-2-5(12-3-1)6-7-8(11-10-6)9-4-13-7/h1-4H,(H,10,11). The molecule has 3 heterocycles. The Morgan fingerprint density at radius 3 is 3.15 bits per heavy atom. The van der Waals surface area contributed by atoms with Crippen LogP contribution in [-0.4, -0.2) is 15.2 Å². The van der Waals surface area contributed by atoms with Crippen LogP contribution in [0.1, 0.15) is 0 Å². The van der Waals surface area contributed by atoms with E-state index in [-0.39, 0.29) is 0 Å². The second-order valence-electron chi connectivity index (χ2n) is 2.58. The second kappa shape index (κ2) is 2.65. The lowest BCUT2D eigenvalue weighted by Crippen LogP contribution is -1.71. The number of hydrogen-bond donors (Lipinski definition) is 1. The van der Waals surface area contributed by atoms with Crippen LogP contribution in [0, 0.1) is 0 Å². The molecule has 0 amide bonds. The molecule has 0 atom stereocenters. The van der Waals surface area contributed by atoms with Gasteiger partial charge in [0, 0.05) is 0 Å². The van der Waals surface area contributed by atoms with E-state index in [9.17, 15) is 0 Å². The monoisotopic (exact) mass is 207 g/mol. The average molecular weight is 207 g/mol. The van der Waals surface area contributed by atoms with Crippen LogP contribution in [0.3, 0.4) is 0 Å². The SMILES string of the molecule is c1csc(-c2[nH]nc3ncsc23)c1. The Hall–Kier alpha value is -1.20. The summed E-state index contributed by atoms with van der Waals surface area (Å²) in [4.78, 5) is 5.34. The number of rotatable bonds is 1. The van der Waals surface area contributed by atoms with Gasteiger partial charge in [0.2, 0.25) is 0 Å². The molecule has 0 unspecified atom stereocenters. The molecule has 3 aromatic rings. The van der Waals surface area contributed by atoms with Gasteiger partial charge in [-0.05, 0) is 11.4 Å². The van der Waals surface area contributed by atoms with Gasteiger partial charge in [-0.25, -0.2) is 4.98 Å². The molecule has 1 N–H and O–H groups in total. The predicted octanol–water partition coefficient (Wildman–Crippen LogP) is 2.75. The van der Waals surface area contributed by atoms with Crippen LogP contribution in [0.5, 0.6) is 0 Å². The Bertz CT molecular complexity index is 520. The molecule has 3 rings (SSSR count). The molecule has 3 nitrogen and oxygen atoms in total. The minimum Gasteiger partial charge on any atom is -0.273 e. The quantitative estimate of drug-likeness (QED) is 0.666. The number of aromatic nitrogens is 3. The van der Waals surface area contributed by atoms with Gasteiger partial charge >= 0.3 is 0 Å². The van der Waals surface area contributed by atoms with E-state index in [1.165, 1.54) is 4.88 Å². The number of hydrogen-bond acceptors (Lipinski definition) is 4. The molecule has 0 saturated carbocycles. The number of fused-ring (bicyclic) bond motifs is 1. The van der Waals surface area contributed by atoms with Crippen LogP contribution in [0.2, 0.25) is 0 Å². The van der Waals surface area contributed by atoms with E-state index in [2.05, 4.69) is 26.6 Å². The molecular formula is C8H5N3S2. The molecule has 0 bridgehead atoms. The smallest absolute Gasteiger partial charge is 0.192 e. The Morgan fingerprint density at radius 1 is 1.31 bits per heavy atom. The minimum absolute atomic E-state index is 0.813. The van der Waals surface area contributed by atoms with Crippen LogP contribution < -0.4 is 0 Å². The van der Waals surface area contributed by atoms with Crippen molar-refractivity contribution in [3.05, 3.63) is 23.0 Å². The van der Waals surface area contributed by atoms with Gasteiger partial charge in [0.25, 0.3) is 0 Å². The highest BCUT2D eigenvalue weighted by Gasteiger charge is 2.09. The van der Waals surface area contributed by atoms with Crippen molar-refractivity contribution < 1.29 is 0 Å². The van der Waals surface area contributed by atoms with Crippen LogP contribution in [0.4, 0.5) is 0 Å². The van der Waals surface area contributed by atoms with Crippen molar-refractivity contribution in [3.63, 3.8) is 0 Å². The van der Waals surface area contributed by atoms with Crippen molar-refractivity contribution in [3.8, 4) is 10.6 Å². The van der Waals surface area contributed by atoms with Crippen molar-refractivity contribution in [2.45, 2.75) is 0 Å². The average Bonchev–Trinajstić information content (AvgIpc) is 2.79. The maximum Gasteiger partial charge on any atom is 0.192 e. The second-order valence-corrected chi connectivity index (χ2v) is 4.38. The fraction of sp³-hybridized carbons (Fsp3) is 0. The minimum atomic E-state index is 0.813. The first-order valence-electron chi connectivity index (χ1n) is 3.76. The maximum atomic E-state index is 4.13. The molecule has 0 aliphatic carbocycles. The number of H-pyrrole nitrogens is 1. The summed E-state index contributed by atoms with van der Waals surface area (Å²) in [5.41, 5.74) is 3.73. The largest absolute Gasteiger partial charge is 0.273 e. The Labute approximate surface area is 82.1 Å². The first-order valence-corrected chi connectivity index (χ1v) is 5.52. The summed E-state index contributed by atoms with van der Waals surface area (Å²) in [6.07, 6.45) is 0. The van der Waals surface area contributed by atoms with Crippen LogP contribution >= 0.6 is 22.7 Å². The number of thiazole rings is 1. The maximum absolute atomic E-state index is 4.13. The van der Waals surface area contributed by atoms with Crippen molar-refractivity contribution in [2.24, 2.45) is 0 Å². The van der Waals surface area contributed by atoms with E-state index >= 15 is 0 Å². The van der Waals surface area contributed by atoms with E-state index in [4.69, 9.17) is 0 Å². The van der Waals surface area contributed by atoms with Crippen LogP contribution in [0.25, 0.3) is 20.9 Å². The molecule has 13 heavy (non-hydrogen) atoms. The topological polar surface area (TPSA) is 41.6 Å². The van der Waals surface area contributed by atoms with E-state index in [0.717, 1.165) is 16.0 Å². The third-order valence-corrected chi connectivity index (χ3v) is 3.54. The summed E-state index contributed by atoms with van der Waals surface area (Å²) >= 11 is 3.33. The summed E-state index contributed by atoms with van der Waals surface area (Å²) in [5.74, 6) is 0. The first-order chi connectivity index (χ1) is 6.45. The van der Waals surface area contributed by atoms with Gasteiger partial charge in [-0.1, -0.05) is 6.07 Å². The predicted molar refractivity (Wildman–Crippen MR) is 55.1 cm³/mol. The van der Waals surface area contributed by atoms with E-state index in [0.29, 0.717) is 0 Å². The van der Waals surface area contributed by atoms with Crippen molar-refractivity contribution in [1.29, 1.82) is 0 Å². The zero-order valence-electron chi connectivity index (χ0n) is 6.52. The molecule has 0 spiro atoms. The van der Waals surface area contributed by atoms with Gasteiger partial charge in [-0.15, -0.1) is 22.7 Å². The summed E-state index contributed by atoms with van der Waals surface area (Å²) in [7, 11) is 0. The number of nitrogens with zero attached hydrogens (tertiary/aromatic N) is 2. The number of thiophene rings is 1. The number of aromatic amines is 1. The molecule has 5 heteroatoms. The highest BCUT2D eigenvalue weighted by molar-refractivity contribution is 7.18. The lowest BCUT2D eigenvalue weighted by Gasteiger charge is -1.87. The van der Waals surface area contributed by atoms with E-state index in [1.807, 2.05) is 11.6 Å². The number of nitrogens with one attached hydrogen (secondary N) is 1. The molecule has 0 saturated heterocycles. The lowest BCUT2D eigenvalue weighted by molar-refractivity contribution is 1.11. The van der Waals surface area contributed by atoms with Crippen molar-refractivity contribution in [1.82, 2.24) is 15.2 Å². The third kappa shape index (κ3) is 1.01. The Balaban J connectivity index is 2.33. The molecule has 3 aromatic heterocycles. The molecule has 0 radical (unpaired) electrons. The summed E-state index contributed by atoms with van der Waals surface area (Å²) in [5, 5.41) is 9.18. The highest BCUT2D eigenvalue weighted by atomic mass is 32.1. The highest BCUT2D eigenvalue weighted by Crippen LogP contribution is 2.31. The van der Waals surface area contributed by atoms with Gasteiger partial charge in [-0.2, -0.15) is 5.10 Å². The van der Waals surface area contributed by atoms with E-state index < -0.39 is 0 Å². The summed E-state index contributed by atoms with van der Waals surface area (Å²) in [6, 6.07) is 4.12. The molecule has 64 valence electrons. The molecule has 0 aromatic carbocycles. The first kappa shape index (κ1) is 7.23. The molecular weight excluding hydrogens is 202 g/mol. The fourth-order valence-corrected chi connectivity index (χ4v) is 2.76. The lowest BCUT2D eigenvalue weighted by atomic mass is 10.3. The van der Waals surface area contributed by atoms with Gasteiger partial charge in [-0.3, -0.25) is 5.10 Å². The van der Waals surface area contributed by atoms with Crippen molar-refractivity contribution >= 4 is 33.0 Å². The molecule has 0 fully saturated rings. The zero-order valence-corrected chi connectivity index (χ0v) is 8.15. The molecule has 0 aliphatic rings. The Kier molecular flexibility index (Phi) is 1.47. The summed E-state index contributed by atoms with van der Waals surface area (Å²) in [6.45, 7) is 0. The summed E-state index contributed by atoms with van der Waals surface area (Å²) < 4.78 is 1.14. The Morgan fingerprint density at radius 2 is 2.31 bits per heavy atom. The van der Waals surface area contributed by atoms with Gasteiger partial charge in [0.15, 0.2) is 5.65 Å². The molecule has 0 aliphatic heterocycles. The van der Waals surface area contributed by atoms with Gasteiger partial charge in [0.05, 0.1) is 16.1 Å². The van der Waals surface area contributed by atoms with E-state index in [1.54, 1.807) is 22.7 Å². The zero-order chi connectivity index (χ0) is 8.67. The van der Waals surface area contributed by atoms with Gasteiger partial charge < -0.3 is 0 Å².